The summed E-state index contributed by atoms with van der Waals surface area (Å²) in [6.07, 6.45) is 0. The molecule has 0 aliphatic heterocycles. The summed E-state index contributed by atoms with van der Waals surface area (Å²) in [6.45, 7) is 0.633. The van der Waals surface area contributed by atoms with Crippen molar-refractivity contribution in [1.29, 1.82) is 0 Å². The smallest absolute Gasteiger partial charge is 0.355 e. The van der Waals surface area contributed by atoms with Crippen molar-refractivity contribution in [3.05, 3.63) is 44.7 Å². The number of rotatable bonds is 9. The van der Waals surface area contributed by atoms with Gasteiger partial charge in [0.1, 0.15) is 5.69 Å². The highest BCUT2D eigenvalue weighted by Gasteiger charge is 2.25. The van der Waals surface area contributed by atoms with Gasteiger partial charge in [0, 0.05) is 11.3 Å². The van der Waals surface area contributed by atoms with E-state index in [-0.39, 0.29) is 44.5 Å². The largest absolute Gasteiger partial charge is 0.461 e. The van der Waals surface area contributed by atoms with Crippen LogP contribution in [-0.4, -0.2) is 45.3 Å². The fraction of sp³-hybridized carbons (Fsp3) is 0.368. The lowest BCUT2D eigenvalue weighted by Crippen LogP contribution is -2.30. The van der Waals surface area contributed by atoms with E-state index in [1.165, 1.54) is 0 Å². The normalized spacial score (nSPS) is 10.8. The number of aliphatic hydroxyl groups is 3. The minimum Gasteiger partial charge on any atom is -0.461 e. The van der Waals surface area contributed by atoms with Gasteiger partial charge in [0.15, 0.2) is 0 Å². The topological polar surface area (TPSA) is 158 Å². The number of esters is 1. The van der Waals surface area contributed by atoms with E-state index in [2.05, 4.69) is 26.2 Å². The van der Waals surface area contributed by atoms with E-state index in [0.717, 1.165) is 0 Å². The molecule has 2 rings (SSSR count). The maximum atomic E-state index is 12.3. The van der Waals surface area contributed by atoms with Gasteiger partial charge in [-0.1, -0.05) is 12.1 Å². The second kappa shape index (κ2) is 10.5. The van der Waals surface area contributed by atoms with Crippen LogP contribution in [0.4, 0.5) is 0 Å². The molecule has 2 aromatic rings. The van der Waals surface area contributed by atoms with Crippen molar-refractivity contribution < 1.29 is 29.6 Å². The number of H-pyrrole nitrogens is 1. The van der Waals surface area contributed by atoms with E-state index in [0.29, 0.717) is 38.0 Å². The van der Waals surface area contributed by atoms with Crippen LogP contribution in [0.25, 0.3) is 11.1 Å². The van der Waals surface area contributed by atoms with Crippen molar-refractivity contribution in [2.24, 2.45) is 5.73 Å². The second-order valence-corrected chi connectivity index (χ2v) is 6.87. The number of benzene rings is 1. The Morgan fingerprint density at radius 3 is 2.41 bits per heavy atom. The molecule has 0 fully saturated rings. The Kier molecular flexibility index (Phi) is 8.35. The molecule has 0 spiro atoms. The Bertz CT molecular complexity index is 897. The first-order valence-corrected chi connectivity index (χ1v) is 9.73. The Labute approximate surface area is 176 Å². The molecule has 0 saturated carbocycles. The third-order valence-electron chi connectivity index (χ3n) is 4.43. The fourth-order valence-corrected chi connectivity index (χ4v) is 3.76. The number of hydrogen-bond donors (Lipinski definition) is 6. The van der Waals surface area contributed by atoms with Crippen LogP contribution in [0.3, 0.4) is 0 Å². The molecule has 0 bridgehead atoms. The standard InChI is InChI=1S/C19H24BrN3O6/c1-2-29-19(28)18-17(20)16(14(23-18)6-22-15(27)5-21)11-4-3-10(7-24)12(8-25)13(11)9-26/h3-4,23-26H,2,5-9,21H2,1H3,(H,22,27). The predicted molar refractivity (Wildman–Crippen MR) is 109 cm³/mol. The van der Waals surface area contributed by atoms with Crippen LogP contribution >= 0.6 is 15.9 Å². The van der Waals surface area contributed by atoms with Gasteiger partial charge in [-0.25, -0.2) is 4.79 Å². The van der Waals surface area contributed by atoms with Gasteiger partial charge in [0.05, 0.1) is 44.0 Å². The molecular formula is C19H24BrN3O6. The monoisotopic (exact) mass is 469 g/mol. The molecule has 29 heavy (non-hydrogen) atoms. The minimum atomic E-state index is -0.586. The highest BCUT2D eigenvalue weighted by molar-refractivity contribution is 9.10. The average molecular weight is 470 g/mol. The van der Waals surface area contributed by atoms with Gasteiger partial charge >= 0.3 is 5.97 Å². The molecule has 1 aromatic heterocycles. The second-order valence-electron chi connectivity index (χ2n) is 6.07. The molecule has 0 unspecified atom stereocenters. The Hall–Kier alpha value is -2.24. The number of nitrogens with one attached hydrogen (secondary N) is 2. The maximum Gasteiger partial charge on any atom is 0.355 e. The van der Waals surface area contributed by atoms with Crippen LogP contribution in [0.2, 0.25) is 0 Å². The number of aromatic amines is 1. The number of aromatic nitrogens is 1. The number of aliphatic hydroxyl groups excluding tert-OH is 3. The Balaban J connectivity index is 2.69. The molecule has 9 nitrogen and oxygen atoms in total. The van der Waals surface area contributed by atoms with Crippen molar-refractivity contribution >= 4 is 27.8 Å². The number of carbonyl (C=O) groups is 2. The molecule has 0 saturated heterocycles. The van der Waals surface area contributed by atoms with Crippen molar-refractivity contribution in [2.75, 3.05) is 13.2 Å². The molecule has 10 heteroatoms. The van der Waals surface area contributed by atoms with E-state index in [9.17, 15) is 24.9 Å². The molecule has 1 aromatic carbocycles. The van der Waals surface area contributed by atoms with Gasteiger partial charge in [0.2, 0.25) is 5.91 Å². The summed E-state index contributed by atoms with van der Waals surface area (Å²) in [5.41, 5.74) is 8.31. The van der Waals surface area contributed by atoms with Crippen molar-refractivity contribution in [2.45, 2.75) is 33.3 Å². The number of amides is 1. The first-order chi connectivity index (χ1) is 13.9. The lowest BCUT2D eigenvalue weighted by Gasteiger charge is -2.16. The fourth-order valence-electron chi connectivity index (χ4n) is 3.04. The van der Waals surface area contributed by atoms with Gasteiger partial charge in [-0.3, -0.25) is 4.79 Å². The zero-order chi connectivity index (χ0) is 21.6. The van der Waals surface area contributed by atoms with Gasteiger partial charge in [-0.2, -0.15) is 0 Å². The average Bonchev–Trinajstić information content (AvgIpc) is 3.06. The molecule has 0 atom stereocenters. The highest BCUT2D eigenvalue weighted by atomic mass is 79.9. The van der Waals surface area contributed by atoms with Crippen LogP contribution in [0.1, 0.15) is 39.8 Å². The zero-order valence-electron chi connectivity index (χ0n) is 15.9. The summed E-state index contributed by atoms with van der Waals surface area (Å²) < 4.78 is 5.46. The summed E-state index contributed by atoms with van der Waals surface area (Å²) in [7, 11) is 0. The molecule has 158 valence electrons. The van der Waals surface area contributed by atoms with E-state index >= 15 is 0 Å². The number of halogens is 1. The maximum absolute atomic E-state index is 12.3. The van der Waals surface area contributed by atoms with Crippen LogP contribution < -0.4 is 11.1 Å². The van der Waals surface area contributed by atoms with Gasteiger partial charge in [0.25, 0.3) is 0 Å². The summed E-state index contributed by atoms with van der Waals surface area (Å²) >= 11 is 3.42. The number of hydrogen-bond acceptors (Lipinski definition) is 7. The highest BCUT2D eigenvalue weighted by Crippen LogP contribution is 2.39. The van der Waals surface area contributed by atoms with E-state index in [1.54, 1.807) is 19.1 Å². The first-order valence-electron chi connectivity index (χ1n) is 8.94. The Morgan fingerprint density at radius 1 is 1.17 bits per heavy atom. The number of carbonyl (C=O) groups excluding carboxylic acids is 2. The summed E-state index contributed by atoms with van der Waals surface area (Å²) in [5, 5.41) is 31.9. The molecule has 7 N–H and O–H groups in total. The van der Waals surface area contributed by atoms with Crippen molar-refractivity contribution in [1.82, 2.24) is 10.3 Å². The quantitative estimate of drug-likeness (QED) is 0.294. The van der Waals surface area contributed by atoms with Crippen molar-refractivity contribution in [3.63, 3.8) is 0 Å². The minimum absolute atomic E-state index is 0.0461. The van der Waals surface area contributed by atoms with Crippen LogP contribution in [0, 0.1) is 0 Å². The molecule has 1 heterocycles. The van der Waals surface area contributed by atoms with Gasteiger partial charge in [-0.05, 0) is 45.1 Å². The summed E-state index contributed by atoms with van der Waals surface area (Å²) in [4.78, 5) is 26.9. The lowest BCUT2D eigenvalue weighted by atomic mass is 9.92. The van der Waals surface area contributed by atoms with E-state index in [1.807, 2.05) is 0 Å². The molecule has 0 radical (unpaired) electrons. The van der Waals surface area contributed by atoms with E-state index < -0.39 is 12.6 Å². The van der Waals surface area contributed by atoms with Gasteiger partial charge < -0.3 is 36.1 Å². The number of nitrogens with two attached hydrogens (primary N) is 1. The number of ether oxygens (including phenoxy) is 1. The van der Waals surface area contributed by atoms with Gasteiger partial charge in [-0.15, -0.1) is 0 Å². The van der Waals surface area contributed by atoms with Crippen LogP contribution in [0.15, 0.2) is 16.6 Å². The zero-order valence-corrected chi connectivity index (χ0v) is 17.5. The van der Waals surface area contributed by atoms with Crippen LogP contribution in [-0.2, 0) is 35.9 Å². The molecule has 1 amide bonds. The predicted octanol–water partition coefficient (Wildman–Crippen LogP) is 0.673. The molecule has 0 aliphatic rings. The lowest BCUT2D eigenvalue weighted by molar-refractivity contribution is -0.119. The summed E-state index contributed by atoms with van der Waals surface area (Å²) in [6, 6.07) is 3.30. The van der Waals surface area contributed by atoms with E-state index in [4.69, 9.17) is 10.5 Å². The third kappa shape index (κ3) is 4.85. The molecular weight excluding hydrogens is 446 g/mol. The SMILES string of the molecule is CCOC(=O)c1[nH]c(CNC(=O)CN)c(-c2ccc(CO)c(CO)c2CO)c1Br. The third-order valence-corrected chi connectivity index (χ3v) is 5.22. The Morgan fingerprint density at radius 2 is 1.86 bits per heavy atom. The molecule has 0 aliphatic carbocycles. The summed E-state index contributed by atoms with van der Waals surface area (Å²) in [5.74, 6) is -0.967. The van der Waals surface area contributed by atoms with Crippen molar-refractivity contribution in [3.8, 4) is 11.1 Å². The van der Waals surface area contributed by atoms with Crippen LogP contribution in [0.5, 0.6) is 0 Å². The first kappa shape index (κ1) is 23.0.